The van der Waals surface area contributed by atoms with E-state index in [9.17, 15) is 18.0 Å². The van der Waals surface area contributed by atoms with Crippen LogP contribution in [0.4, 0.5) is 11.4 Å². The van der Waals surface area contributed by atoms with Crippen molar-refractivity contribution >= 4 is 33.2 Å². The first-order chi connectivity index (χ1) is 16.8. The highest BCUT2D eigenvalue weighted by atomic mass is 32.2. The first-order valence-electron chi connectivity index (χ1n) is 11.6. The van der Waals surface area contributed by atoms with Gasteiger partial charge in [-0.2, -0.15) is 4.31 Å². The van der Waals surface area contributed by atoms with Crippen LogP contribution in [0.1, 0.15) is 57.7 Å². The minimum absolute atomic E-state index is 0.164. The summed E-state index contributed by atoms with van der Waals surface area (Å²) < 4.78 is 33.3. The van der Waals surface area contributed by atoms with E-state index in [-0.39, 0.29) is 10.7 Å². The third kappa shape index (κ3) is 5.63. The summed E-state index contributed by atoms with van der Waals surface area (Å²) in [6.45, 7) is 4.59. The molecule has 3 aromatic rings. The zero-order chi connectivity index (χ0) is 25.0. The van der Waals surface area contributed by atoms with Crippen LogP contribution in [0.3, 0.4) is 0 Å². The fourth-order valence-corrected chi connectivity index (χ4v) is 5.84. The van der Waals surface area contributed by atoms with Gasteiger partial charge in [0.1, 0.15) is 0 Å². The molecule has 0 radical (unpaired) electrons. The Labute approximate surface area is 205 Å². The maximum atomic E-state index is 13.3. The second kappa shape index (κ2) is 10.5. The molecule has 8 nitrogen and oxygen atoms in total. The molecule has 0 atom stereocenters. The van der Waals surface area contributed by atoms with Gasteiger partial charge in [0.15, 0.2) is 5.76 Å². The fourth-order valence-electron chi connectivity index (χ4n) is 4.07. The normalized spacial score (nSPS) is 14.8. The summed E-state index contributed by atoms with van der Waals surface area (Å²) in [6.07, 6.45) is 5.17. The van der Waals surface area contributed by atoms with Gasteiger partial charge in [0.25, 0.3) is 11.8 Å². The lowest BCUT2D eigenvalue weighted by molar-refractivity contribution is 0.0993. The lowest BCUT2D eigenvalue weighted by Crippen LogP contribution is -2.32. The van der Waals surface area contributed by atoms with E-state index in [0.29, 0.717) is 35.6 Å². The largest absolute Gasteiger partial charge is 0.459 e. The molecule has 2 N–H and O–H groups in total. The molecule has 1 aliphatic rings. The molecule has 1 aromatic heterocycles. The summed E-state index contributed by atoms with van der Waals surface area (Å²) in [7, 11) is -3.66. The zero-order valence-electron chi connectivity index (χ0n) is 19.8. The third-order valence-corrected chi connectivity index (χ3v) is 8.16. The van der Waals surface area contributed by atoms with Crippen molar-refractivity contribution in [3.05, 3.63) is 77.2 Å². The van der Waals surface area contributed by atoms with Crippen LogP contribution in [0.25, 0.3) is 0 Å². The highest BCUT2D eigenvalue weighted by Gasteiger charge is 2.27. The molecule has 4 rings (SSSR count). The highest BCUT2D eigenvalue weighted by molar-refractivity contribution is 7.89. The first-order valence-corrected chi connectivity index (χ1v) is 13.1. The van der Waals surface area contributed by atoms with Gasteiger partial charge in [-0.05, 0) is 74.2 Å². The summed E-state index contributed by atoms with van der Waals surface area (Å²) in [5.74, 6) is -0.671. The van der Waals surface area contributed by atoms with E-state index in [1.807, 2.05) is 6.92 Å². The Morgan fingerprint density at radius 3 is 2.26 bits per heavy atom. The van der Waals surface area contributed by atoms with Crippen molar-refractivity contribution in [3.8, 4) is 0 Å². The Bertz CT molecular complexity index is 1330. The number of benzene rings is 2. The summed E-state index contributed by atoms with van der Waals surface area (Å²) in [4.78, 5) is 25.5. The van der Waals surface area contributed by atoms with Crippen molar-refractivity contribution in [1.82, 2.24) is 4.31 Å². The van der Waals surface area contributed by atoms with Crippen LogP contribution in [0.2, 0.25) is 0 Å². The van der Waals surface area contributed by atoms with Crippen molar-refractivity contribution < 1.29 is 22.4 Å². The summed E-state index contributed by atoms with van der Waals surface area (Å²) in [5, 5.41) is 5.54. The Balaban J connectivity index is 1.54. The molecule has 0 spiro atoms. The molecule has 0 aliphatic carbocycles. The summed E-state index contributed by atoms with van der Waals surface area (Å²) in [5.41, 5.74) is 2.60. The standard InChI is InChI=1S/C26H29N3O5S/c1-18-9-11-20(16-22(18)28-26(31)23-8-7-15-34-23)25(30)27-21-12-10-19(2)24(17-21)35(32,33)29-13-5-3-4-6-14-29/h7-12,15-17H,3-6,13-14H2,1-2H3,(H,27,30)(H,28,31). The van der Waals surface area contributed by atoms with Crippen molar-refractivity contribution in [2.24, 2.45) is 0 Å². The number of carbonyl (C=O) groups excluding carboxylic acids is 2. The van der Waals surface area contributed by atoms with E-state index < -0.39 is 21.8 Å². The van der Waals surface area contributed by atoms with Gasteiger partial charge >= 0.3 is 0 Å². The van der Waals surface area contributed by atoms with E-state index in [1.165, 1.54) is 12.3 Å². The smallest absolute Gasteiger partial charge is 0.291 e. The molecular formula is C26H29N3O5S. The van der Waals surface area contributed by atoms with Crippen LogP contribution in [0, 0.1) is 13.8 Å². The SMILES string of the molecule is Cc1ccc(C(=O)Nc2ccc(C)c(S(=O)(=O)N3CCCCCC3)c2)cc1NC(=O)c1ccco1. The molecule has 35 heavy (non-hydrogen) atoms. The van der Waals surface area contributed by atoms with Crippen LogP contribution in [-0.2, 0) is 10.0 Å². The maximum absolute atomic E-state index is 13.3. The molecule has 0 unspecified atom stereocenters. The van der Waals surface area contributed by atoms with Crippen LogP contribution >= 0.6 is 0 Å². The number of hydrogen-bond acceptors (Lipinski definition) is 5. The molecule has 1 fully saturated rings. The number of nitrogens with zero attached hydrogens (tertiary/aromatic N) is 1. The molecule has 2 aromatic carbocycles. The van der Waals surface area contributed by atoms with Crippen LogP contribution < -0.4 is 10.6 Å². The monoisotopic (exact) mass is 495 g/mol. The molecule has 9 heteroatoms. The van der Waals surface area contributed by atoms with Gasteiger partial charge in [0.05, 0.1) is 11.2 Å². The van der Waals surface area contributed by atoms with Crippen molar-refractivity contribution in [2.75, 3.05) is 23.7 Å². The second-order valence-electron chi connectivity index (χ2n) is 8.71. The average molecular weight is 496 g/mol. The minimum atomic E-state index is -3.66. The number of carbonyl (C=O) groups is 2. The molecule has 2 amide bonds. The highest BCUT2D eigenvalue weighted by Crippen LogP contribution is 2.26. The van der Waals surface area contributed by atoms with Gasteiger partial charge in [-0.1, -0.05) is 25.0 Å². The molecule has 2 heterocycles. The summed E-state index contributed by atoms with van der Waals surface area (Å²) >= 11 is 0. The number of aryl methyl sites for hydroxylation is 2. The predicted molar refractivity (Wildman–Crippen MR) is 134 cm³/mol. The van der Waals surface area contributed by atoms with Gasteiger partial charge in [0, 0.05) is 30.0 Å². The van der Waals surface area contributed by atoms with Crippen LogP contribution in [0.15, 0.2) is 64.1 Å². The second-order valence-corrected chi connectivity index (χ2v) is 10.6. The molecule has 0 bridgehead atoms. The third-order valence-electron chi connectivity index (χ3n) is 6.12. The van der Waals surface area contributed by atoms with Gasteiger partial charge in [0.2, 0.25) is 10.0 Å². The molecule has 184 valence electrons. The number of hydrogen-bond donors (Lipinski definition) is 2. The number of furan rings is 1. The van der Waals surface area contributed by atoms with Gasteiger partial charge in [-0.3, -0.25) is 9.59 Å². The van der Waals surface area contributed by atoms with Gasteiger partial charge < -0.3 is 15.1 Å². The van der Waals surface area contributed by atoms with Crippen molar-refractivity contribution in [1.29, 1.82) is 0 Å². The van der Waals surface area contributed by atoms with Crippen LogP contribution in [0.5, 0.6) is 0 Å². The minimum Gasteiger partial charge on any atom is -0.459 e. The van der Waals surface area contributed by atoms with E-state index in [4.69, 9.17) is 4.42 Å². The number of anilines is 2. The topological polar surface area (TPSA) is 109 Å². The lowest BCUT2D eigenvalue weighted by Gasteiger charge is -2.21. The van der Waals surface area contributed by atoms with Crippen molar-refractivity contribution in [3.63, 3.8) is 0 Å². The number of rotatable bonds is 6. The molecule has 0 saturated carbocycles. The summed E-state index contributed by atoms with van der Waals surface area (Å²) in [6, 6.07) is 13.0. The number of nitrogens with one attached hydrogen (secondary N) is 2. The maximum Gasteiger partial charge on any atom is 0.291 e. The zero-order valence-corrected chi connectivity index (χ0v) is 20.7. The Hall–Kier alpha value is -3.43. The number of sulfonamides is 1. The quantitative estimate of drug-likeness (QED) is 0.502. The number of amides is 2. The predicted octanol–water partition coefficient (Wildman–Crippen LogP) is 4.97. The fraction of sp³-hybridized carbons (Fsp3) is 0.308. The van der Waals surface area contributed by atoms with E-state index in [2.05, 4.69) is 10.6 Å². The van der Waals surface area contributed by atoms with Gasteiger partial charge in [-0.25, -0.2) is 8.42 Å². The van der Waals surface area contributed by atoms with E-state index in [0.717, 1.165) is 31.2 Å². The Morgan fingerprint density at radius 1 is 0.857 bits per heavy atom. The Morgan fingerprint density at radius 2 is 1.57 bits per heavy atom. The van der Waals surface area contributed by atoms with Gasteiger partial charge in [-0.15, -0.1) is 0 Å². The average Bonchev–Trinajstić information content (AvgIpc) is 3.23. The Kier molecular flexibility index (Phi) is 7.37. The molecule has 1 saturated heterocycles. The van der Waals surface area contributed by atoms with E-state index >= 15 is 0 Å². The van der Waals surface area contributed by atoms with Crippen LogP contribution in [-0.4, -0.2) is 37.6 Å². The first kappa shape index (κ1) is 24.7. The van der Waals surface area contributed by atoms with Crippen molar-refractivity contribution in [2.45, 2.75) is 44.4 Å². The molecular weight excluding hydrogens is 466 g/mol. The lowest BCUT2D eigenvalue weighted by atomic mass is 10.1. The molecule has 1 aliphatic heterocycles. The van der Waals surface area contributed by atoms with E-state index in [1.54, 1.807) is 53.7 Å².